The lowest BCUT2D eigenvalue weighted by molar-refractivity contribution is 0.683. The molecule has 1 aromatic carbocycles. The van der Waals surface area contributed by atoms with E-state index in [4.69, 9.17) is 11.6 Å². The highest BCUT2D eigenvalue weighted by molar-refractivity contribution is 6.31. The highest BCUT2D eigenvalue weighted by Gasteiger charge is 2.13. The fourth-order valence-corrected chi connectivity index (χ4v) is 2.65. The maximum Gasteiger partial charge on any atom is 0.0443 e. The minimum atomic E-state index is 0.985. The van der Waals surface area contributed by atoms with E-state index in [1.165, 1.54) is 42.4 Å². The molecule has 2 heteroatoms. The molecule has 0 aliphatic heterocycles. The molecule has 1 aliphatic rings. The minimum Gasteiger partial charge on any atom is -0.319 e. The zero-order valence-corrected chi connectivity index (χ0v) is 10.0. The maximum atomic E-state index is 6.31. The first kappa shape index (κ1) is 11.0. The normalized spacial score (nSPS) is 15.1. The van der Waals surface area contributed by atoms with Crippen LogP contribution >= 0.6 is 11.6 Å². The van der Waals surface area contributed by atoms with Gasteiger partial charge in [0.25, 0.3) is 0 Å². The molecule has 0 unspecified atom stereocenters. The molecule has 0 fully saturated rings. The van der Waals surface area contributed by atoms with E-state index in [1.54, 1.807) is 0 Å². The third-order valence-corrected chi connectivity index (χ3v) is 3.47. The van der Waals surface area contributed by atoms with Gasteiger partial charge >= 0.3 is 0 Å². The first-order valence-electron chi connectivity index (χ1n) is 5.76. The van der Waals surface area contributed by atoms with Crippen molar-refractivity contribution in [2.24, 2.45) is 0 Å². The summed E-state index contributed by atoms with van der Waals surface area (Å²) in [6.45, 7) is 1.02. The Labute approximate surface area is 96.8 Å². The van der Waals surface area contributed by atoms with E-state index in [0.717, 1.165) is 18.0 Å². The van der Waals surface area contributed by atoms with Crippen LogP contribution in [0.2, 0.25) is 5.02 Å². The van der Waals surface area contributed by atoms with E-state index >= 15 is 0 Å². The summed E-state index contributed by atoms with van der Waals surface area (Å²) in [5.74, 6) is 0. The van der Waals surface area contributed by atoms with Gasteiger partial charge in [0.2, 0.25) is 0 Å². The van der Waals surface area contributed by atoms with Crippen molar-refractivity contribution in [2.45, 2.75) is 32.1 Å². The average Bonchev–Trinajstić information content (AvgIpc) is 2.26. The van der Waals surface area contributed by atoms with Crippen molar-refractivity contribution >= 4 is 11.6 Å². The van der Waals surface area contributed by atoms with E-state index in [1.807, 2.05) is 7.05 Å². The number of fused-ring (bicyclic) bond motifs is 1. The summed E-state index contributed by atoms with van der Waals surface area (Å²) in [4.78, 5) is 0. The predicted molar refractivity (Wildman–Crippen MR) is 65.7 cm³/mol. The van der Waals surface area contributed by atoms with Crippen molar-refractivity contribution in [1.82, 2.24) is 5.32 Å². The second kappa shape index (κ2) is 5.00. The van der Waals surface area contributed by atoms with Gasteiger partial charge in [-0.05, 0) is 68.5 Å². The molecule has 0 saturated heterocycles. The lowest BCUT2D eigenvalue weighted by atomic mass is 9.90. The Morgan fingerprint density at radius 2 is 2.07 bits per heavy atom. The van der Waals surface area contributed by atoms with Crippen molar-refractivity contribution in [2.75, 3.05) is 13.6 Å². The number of rotatable bonds is 3. The fourth-order valence-electron chi connectivity index (χ4n) is 2.29. The Morgan fingerprint density at radius 3 is 2.87 bits per heavy atom. The molecule has 15 heavy (non-hydrogen) atoms. The van der Waals surface area contributed by atoms with Gasteiger partial charge in [-0.1, -0.05) is 17.7 Å². The molecule has 0 spiro atoms. The van der Waals surface area contributed by atoms with Gasteiger partial charge in [-0.25, -0.2) is 0 Å². The first-order chi connectivity index (χ1) is 7.31. The van der Waals surface area contributed by atoms with Gasteiger partial charge in [0, 0.05) is 5.02 Å². The number of benzene rings is 1. The van der Waals surface area contributed by atoms with Gasteiger partial charge in [0.1, 0.15) is 0 Å². The van der Waals surface area contributed by atoms with E-state index in [0.29, 0.717) is 0 Å². The number of hydrogen-bond donors (Lipinski definition) is 1. The highest BCUT2D eigenvalue weighted by atomic mass is 35.5. The molecule has 0 radical (unpaired) electrons. The lowest BCUT2D eigenvalue weighted by Gasteiger charge is -2.18. The second-order valence-electron chi connectivity index (χ2n) is 4.28. The molecule has 0 aromatic heterocycles. The summed E-state index contributed by atoms with van der Waals surface area (Å²) >= 11 is 6.31. The van der Waals surface area contributed by atoms with Crippen molar-refractivity contribution in [1.29, 1.82) is 0 Å². The van der Waals surface area contributed by atoms with Crippen LogP contribution in [0.15, 0.2) is 12.1 Å². The van der Waals surface area contributed by atoms with Crippen LogP contribution in [0, 0.1) is 0 Å². The molecule has 0 bridgehead atoms. The molecular formula is C13H18ClN. The van der Waals surface area contributed by atoms with Gasteiger partial charge in [-0.3, -0.25) is 0 Å². The number of likely N-dealkylation sites (N-methyl/N-ethyl adjacent to an activating group) is 1. The Hall–Kier alpha value is -0.530. The Balaban J connectivity index is 2.24. The summed E-state index contributed by atoms with van der Waals surface area (Å²) in [6, 6.07) is 4.49. The maximum absolute atomic E-state index is 6.31. The summed E-state index contributed by atoms with van der Waals surface area (Å²) in [5, 5.41) is 4.16. The minimum absolute atomic E-state index is 0.985. The monoisotopic (exact) mass is 223 g/mol. The van der Waals surface area contributed by atoms with E-state index in [9.17, 15) is 0 Å². The van der Waals surface area contributed by atoms with Crippen LogP contribution in [0.3, 0.4) is 0 Å². The number of aryl methyl sites for hydroxylation is 1. The highest BCUT2D eigenvalue weighted by Crippen LogP contribution is 2.29. The standard InChI is InChI=1S/C13H18ClN/c1-15-7-6-10-8-11-4-2-3-5-12(11)13(14)9-10/h8-9,15H,2-7H2,1H3. The largest absolute Gasteiger partial charge is 0.319 e. The van der Waals surface area contributed by atoms with Gasteiger partial charge in [-0.15, -0.1) is 0 Å². The Bertz CT molecular complexity index is 347. The molecule has 1 N–H and O–H groups in total. The topological polar surface area (TPSA) is 12.0 Å². The third-order valence-electron chi connectivity index (χ3n) is 3.13. The molecule has 1 nitrogen and oxygen atoms in total. The average molecular weight is 224 g/mol. The van der Waals surface area contributed by atoms with Crippen LogP contribution in [0.1, 0.15) is 29.5 Å². The van der Waals surface area contributed by atoms with Crippen LogP contribution in [-0.4, -0.2) is 13.6 Å². The molecule has 0 amide bonds. The Morgan fingerprint density at radius 1 is 1.27 bits per heavy atom. The van der Waals surface area contributed by atoms with Gasteiger partial charge in [-0.2, -0.15) is 0 Å². The zero-order valence-electron chi connectivity index (χ0n) is 9.28. The lowest BCUT2D eigenvalue weighted by Crippen LogP contribution is -2.11. The number of nitrogens with one attached hydrogen (secondary N) is 1. The molecule has 2 rings (SSSR count). The quantitative estimate of drug-likeness (QED) is 0.831. The molecule has 82 valence electrons. The molecule has 0 atom stereocenters. The molecular weight excluding hydrogens is 206 g/mol. The van der Waals surface area contributed by atoms with Crippen LogP contribution in [-0.2, 0) is 19.3 Å². The van der Waals surface area contributed by atoms with Crippen molar-refractivity contribution < 1.29 is 0 Å². The Kier molecular flexibility index (Phi) is 3.66. The van der Waals surface area contributed by atoms with E-state index < -0.39 is 0 Å². The van der Waals surface area contributed by atoms with E-state index in [2.05, 4.69) is 17.4 Å². The molecule has 1 aromatic rings. The smallest absolute Gasteiger partial charge is 0.0443 e. The van der Waals surface area contributed by atoms with Gasteiger partial charge in [0.15, 0.2) is 0 Å². The second-order valence-corrected chi connectivity index (χ2v) is 4.68. The van der Waals surface area contributed by atoms with E-state index in [-0.39, 0.29) is 0 Å². The number of hydrogen-bond acceptors (Lipinski definition) is 1. The van der Waals surface area contributed by atoms with Gasteiger partial charge < -0.3 is 5.32 Å². The van der Waals surface area contributed by atoms with Crippen LogP contribution in [0.4, 0.5) is 0 Å². The summed E-state index contributed by atoms with van der Waals surface area (Å²) in [6.07, 6.45) is 6.06. The fraction of sp³-hybridized carbons (Fsp3) is 0.538. The van der Waals surface area contributed by atoms with Crippen molar-refractivity contribution in [3.8, 4) is 0 Å². The van der Waals surface area contributed by atoms with Gasteiger partial charge in [0.05, 0.1) is 0 Å². The third kappa shape index (κ3) is 2.53. The SMILES string of the molecule is CNCCc1cc(Cl)c2c(c1)CCCC2. The van der Waals surface area contributed by atoms with Crippen LogP contribution in [0.25, 0.3) is 0 Å². The number of halogens is 1. The summed E-state index contributed by atoms with van der Waals surface area (Å²) in [5.41, 5.74) is 4.26. The summed E-state index contributed by atoms with van der Waals surface area (Å²) in [7, 11) is 1.99. The molecule has 0 heterocycles. The van der Waals surface area contributed by atoms with Crippen molar-refractivity contribution in [3.63, 3.8) is 0 Å². The van der Waals surface area contributed by atoms with Crippen LogP contribution < -0.4 is 5.32 Å². The summed E-state index contributed by atoms with van der Waals surface area (Å²) < 4.78 is 0. The molecule has 1 aliphatic carbocycles. The predicted octanol–water partition coefficient (Wildman–Crippen LogP) is 2.98. The first-order valence-corrected chi connectivity index (χ1v) is 6.14. The molecule has 0 saturated carbocycles. The van der Waals surface area contributed by atoms with Crippen LogP contribution in [0.5, 0.6) is 0 Å². The van der Waals surface area contributed by atoms with Crippen molar-refractivity contribution in [3.05, 3.63) is 33.8 Å². The zero-order chi connectivity index (χ0) is 10.7.